The lowest BCUT2D eigenvalue weighted by Crippen LogP contribution is -2.25. The quantitative estimate of drug-likeness (QED) is 0.649. The van der Waals surface area contributed by atoms with Crippen LogP contribution in [0.2, 0.25) is 5.02 Å². The second-order valence-corrected chi connectivity index (χ2v) is 7.02. The molecule has 1 aliphatic rings. The van der Waals surface area contributed by atoms with Gasteiger partial charge in [-0.15, -0.1) is 0 Å². The molecule has 1 saturated heterocycles. The van der Waals surface area contributed by atoms with Crippen molar-refractivity contribution in [2.45, 2.75) is 19.3 Å². The van der Waals surface area contributed by atoms with Gasteiger partial charge in [-0.05, 0) is 36.8 Å². The zero-order chi connectivity index (χ0) is 19.8. The highest BCUT2D eigenvalue weighted by atomic mass is 35.5. The number of ether oxygens (including phenoxy) is 1. The Hall–Kier alpha value is -2.93. The Morgan fingerprint density at radius 3 is 2.86 bits per heavy atom. The molecular formula is C20H17ClFN3O3. The average Bonchev–Trinajstić information content (AvgIpc) is 3.29. The number of nitrogens with zero attached hydrogens (tertiary/aromatic N) is 3. The van der Waals surface area contributed by atoms with E-state index in [0.717, 1.165) is 5.56 Å². The molecule has 1 atom stereocenters. The number of rotatable bonds is 4. The maximum atomic E-state index is 13.9. The zero-order valence-corrected chi connectivity index (χ0v) is 16.0. The second-order valence-electron chi connectivity index (χ2n) is 6.62. The summed E-state index contributed by atoms with van der Waals surface area (Å²) in [5.74, 6) is -0.0884. The summed E-state index contributed by atoms with van der Waals surface area (Å²) < 4.78 is 24.2. The van der Waals surface area contributed by atoms with Crippen LogP contribution in [0, 0.1) is 12.7 Å². The maximum absolute atomic E-state index is 13.9. The Balaban J connectivity index is 1.58. The number of halogens is 2. The summed E-state index contributed by atoms with van der Waals surface area (Å²) in [5, 5.41) is 4.46. The SMILES string of the molecule is COc1ccc(-c2noc(C3CC(=O)N(c4c(C)cccc4Cl)C3)n2)cc1F. The smallest absolute Gasteiger partial charge is 0.232 e. The maximum Gasteiger partial charge on any atom is 0.232 e. The van der Waals surface area contributed by atoms with Gasteiger partial charge in [-0.2, -0.15) is 4.98 Å². The molecule has 0 N–H and O–H groups in total. The largest absolute Gasteiger partial charge is 0.494 e. The lowest BCUT2D eigenvalue weighted by atomic mass is 10.1. The van der Waals surface area contributed by atoms with Crippen molar-refractivity contribution in [1.82, 2.24) is 10.1 Å². The number of benzene rings is 2. The number of hydrogen-bond donors (Lipinski definition) is 0. The predicted molar refractivity (Wildman–Crippen MR) is 102 cm³/mol. The lowest BCUT2D eigenvalue weighted by molar-refractivity contribution is -0.117. The van der Waals surface area contributed by atoms with E-state index in [1.54, 1.807) is 17.0 Å². The van der Waals surface area contributed by atoms with E-state index in [9.17, 15) is 9.18 Å². The van der Waals surface area contributed by atoms with Crippen molar-refractivity contribution < 1.29 is 18.4 Å². The molecule has 6 nitrogen and oxygen atoms in total. The average molecular weight is 402 g/mol. The predicted octanol–water partition coefficient (Wildman–Crippen LogP) is 4.37. The fraction of sp³-hybridized carbons (Fsp3) is 0.250. The van der Waals surface area contributed by atoms with Crippen LogP contribution in [0.4, 0.5) is 10.1 Å². The summed E-state index contributed by atoms with van der Waals surface area (Å²) in [6.45, 7) is 2.30. The van der Waals surface area contributed by atoms with E-state index in [2.05, 4.69) is 10.1 Å². The molecule has 2 heterocycles. The van der Waals surface area contributed by atoms with Crippen LogP contribution >= 0.6 is 11.6 Å². The Morgan fingerprint density at radius 1 is 1.32 bits per heavy atom. The van der Waals surface area contributed by atoms with E-state index < -0.39 is 5.82 Å². The van der Waals surface area contributed by atoms with E-state index in [0.29, 0.717) is 28.7 Å². The summed E-state index contributed by atoms with van der Waals surface area (Å²) in [6.07, 6.45) is 0.239. The first-order chi connectivity index (χ1) is 13.5. The zero-order valence-electron chi connectivity index (χ0n) is 15.3. The first-order valence-electron chi connectivity index (χ1n) is 8.71. The van der Waals surface area contributed by atoms with Gasteiger partial charge in [-0.1, -0.05) is 28.9 Å². The lowest BCUT2D eigenvalue weighted by Gasteiger charge is -2.20. The highest BCUT2D eigenvalue weighted by molar-refractivity contribution is 6.34. The Bertz CT molecular complexity index is 1030. The van der Waals surface area contributed by atoms with Crippen molar-refractivity contribution in [2.24, 2.45) is 0 Å². The number of carbonyl (C=O) groups excluding carboxylic acids is 1. The number of aromatic nitrogens is 2. The van der Waals surface area contributed by atoms with Gasteiger partial charge in [-0.3, -0.25) is 4.79 Å². The molecule has 3 aromatic rings. The summed E-state index contributed by atoms with van der Waals surface area (Å²) in [7, 11) is 1.40. The minimum absolute atomic E-state index is 0.0589. The van der Waals surface area contributed by atoms with Crippen LogP contribution in [0.25, 0.3) is 11.4 Å². The monoisotopic (exact) mass is 401 g/mol. The number of para-hydroxylation sites is 1. The van der Waals surface area contributed by atoms with Crippen molar-refractivity contribution in [1.29, 1.82) is 0 Å². The summed E-state index contributed by atoms with van der Waals surface area (Å²) in [6, 6.07) is 9.94. The van der Waals surface area contributed by atoms with Gasteiger partial charge in [0.05, 0.1) is 23.7 Å². The van der Waals surface area contributed by atoms with Gasteiger partial charge in [0.15, 0.2) is 11.6 Å². The molecule has 1 unspecified atom stereocenters. The molecule has 28 heavy (non-hydrogen) atoms. The third-order valence-electron chi connectivity index (χ3n) is 4.78. The fourth-order valence-electron chi connectivity index (χ4n) is 3.38. The Kier molecular flexibility index (Phi) is 4.77. The number of carbonyl (C=O) groups is 1. The number of anilines is 1. The van der Waals surface area contributed by atoms with E-state index in [4.69, 9.17) is 20.9 Å². The molecule has 0 saturated carbocycles. The van der Waals surface area contributed by atoms with Gasteiger partial charge in [0.2, 0.25) is 17.6 Å². The third-order valence-corrected chi connectivity index (χ3v) is 5.09. The first kappa shape index (κ1) is 18.4. The van der Waals surface area contributed by atoms with Crippen molar-refractivity contribution in [3.05, 3.63) is 58.7 Å². The molecular weight excluding hydrogens is 385 g/mol. The van der Waals surface area contributed by atoms with Gasteiger partial charge >= 0.3 is 0 Å². The molecule has 1 aliphatic heterocycles. The number of aryl methyl sites for hydroxylation is 1. The topological polar surface area (TPSA) is 68.5 Å². The Labute approximate surface area is 165 Å². The van der Waals surface area contributed by atoms with Crippen LogP contribution in [-0.2, 0) is 4.79 Å². The molecule has 0 radical (unpaired) electrons. The van der Waals surface area contributed by atoms with E-state index in [1.807, 2.05) is 19.1 Å². The fourth-order valence-corrected chi connectivity index (χ4v) is 3.70. The third kappa shape index (κ3) is 3.22. The molecule has 1 amide bonds. The molecule has 4 rings (SSSR count). The molecule has 2 aromatic carbocycles. The minimum Gasteiger partial charge on any atom is -0.494 e. The normalized spacial score (nSPS) is 16.6. The highest BCUT2D eigenvalue weighted by Gasteiger charge is 2.36. The van der Waals surface area contributed by atoms with Crippen LogP contribution in [0.5, 0.6) is 5.75 Å². The molecule has 0 aliphatic carbocycles. The van der Waals surface area contributed by atoms with Gasteiger partial charge in [0.25, 0.3) is 0 Å². The molecule has 0 spiro atoms. The van der Waals surface area contributed by atoms with Crippen LogP contribution in [0.3, 0.4) is 0 Å². The van der Waals surface area contributed by atoms with Gasteiger partial charge in [-0.25, -0.2) is 4.39 Å². The van der Waals surface area contributed by atoms with E-state index in [1.165, 1.54) is 19.2 Å². The van der Waals surface area contributed by atoms with Gasteiger partial charge < -0.3 is 14.2 Å². The van der Waals surface area contributed by atoms with Crippen molar-refractivity contribution in [3.8, 4) is 17.1 Å². The van der Waals surface area contributed by atoms with Crippen molar-refractivity contribution in [2.75, 3.05) is 18.6 Å². The van der Waals surface area contributed by atoms with Crippen molar-refractivity contribution >= 4 is 23.2 Å². The molecule has 0 bridgehead atoms. The number of methoxy groups -OCH3 is 1. The van der Waals surface area contributed by atoms with Crippen LogP contribution in [-0.4, -0.2) is 29.7 Å². The first-order valence-corrected chi connectivity index (χ1v) is 9.08. The minimum atomic E-state index is -0.511. The summed E-state index contributed by atoms with van der Waals surface area (Å²) >= 11 is 6.30. The van der Waals surface area contributed by atoms with Gasteiger partial charge in [0, 0.05) is 18.5 Å². The highest BCUT2D eigenvalue weighted by Crippen LogP contribution is 2.37. The molecule has 8 heteroatoms. The summed E-state index contributed by atoms with van der Waals surface area (Å²) in [5.41, 5.74) is 2.09. The molecule has 1 aromatic heterocycles. The van der Waals surface area contributed by atoms with Gasteiger partial charge in [0.1, 0.15) is 0 Å². The van der Waals surface area contributed by atoms with E-state index in [-0.39, 0.29) is 29.8 Å². The molecule has 144 valence electrons. The summed E-state index contributed by atoms with van der Waals surface area (Å²) in [4.78, 5) is 18.6. The number of amides is 1. The Morgan fingerprint density at radius 2 is 2.14 bits per heavy atom. The molecule has 1 fully saturated rings. The van der Waals surface area contributed by atoms with Crippen LogP contribution in [0.1, 0.15) is 23.8 Å². The van der Waals surface area contributed by atoms with Crippen molar-refractivity contribution in [3.63, 3.8) is 0 Å². The van der Waals surface area contributed by atoms with Crippen LogP contribution in [0.15, 0.2) is 40.9 Å². The standard InChI is InChI=1S/C20H17ClFN3O3/c1-11-4-3-5-14(21)18(11)25-10-13(9-17(25)26)20-23-19(24-28-20)12-6-7-16(27-2)15(22)8-12/h3-8,13H,9-10H2,1-2H3. The van der Waals surface area contributed by atoms with E-state index >= 15 is 0 Å². The number of hydrogen-bond acceptors (Lipinski definition) is 5. The van der Waals surface area contributed by atoms with Crippen LogP contribution < -0.4 is 9.64 Å². The second kappa shape index (κ2) is 7.24.